The van der Waals surface area contributed by atoms with Crippen molar-refractivity contribution in [1.82, 2.24) is 9.97 Å². The molecule has 0 atom stereocenters. The van der Waals surface area contributed by atoms with E-state index in [1.54, 1.807) is 24.3 Å². The summed E-state index contributed by atoms with van der Waals surface area (Å²) < 4.78 is 49.1. The van der Waals surface area contributed by atoms with Gasteiger partial charge in [0.1, 0.15) is 18.0 Å². The normalized spacial score (nSPS) is 12.7. The van der Waals surface area contributed by atoms with Gasteiger partial charge in [-0.3, -0.25) is 0 Å². The van der Waals surface area contributed by atoms with Crippen molar-refractivity contribution in [3.05, 3.63) is 60.4 Å². The average molecular weight is 374 g/mol. The Bertz CT molecular complexity index is 979. The van der Waals surface area contributed by atoms with Crippen LogP contribution in [-0.4, -0.2) is 16.8 Å². The molecule has 1 aliphatic rings. The molecule has 9 heteroatoms. The van der Waals surface area contributed by atoms with Gasteiger partial charge >= 0.3 is 6.18 Å². The summed E-state index contributed by atoms with van der Waals surface area (Å²) in [5, 5.41) is 5.94. The number of nitrogens with one attached hydrogen (secondary N) is 2. The number of rotatable bonds is 4. The smallest absolute Gasteiger partial charge is 0.416 e. The lowest BCUT2D eigenvalue weighted by Gasteiger charge is -2.11. The quantitative estimate of drug-likeness (QED) is 0.689. The Kier molecular flexibility index (Phi) is 4.19. The molecule has 1 aromatic heterocycles. The first-order valence-electron chi connectivity index (χ1n) is 7.90. The maximum atomic E-state index is 12.8. The molecular formula is C18H13F3N4O2. The van der Waals surface area contributed by atoms with E-state index < -0.39 is 11.7 Å². The first kappa shape index (κ1) is 17.0. The molecular weight excluding hydrogens is 361 g/mol. The van der Waals surface area contributed by atoms with Crippen molar-refractivity contribution >= 4 is 23.0 Å². The number of hydrogen-bond donors (Lipinski definition) is 2. The van der Waals surface area contributed by atoms with Crippen LogP contribution in [0.4, 0.5) is 36.2 Å². The van der Waals surface area contributed by atoms with Gasteiger partial charge in [0, 0.05) is 23.5 Å². The molecule has 1 aliphatic heterocycles. The number of halogens is 3. The van der Waals surface area contributed by atoms with Crippen LogP contribution < -0.4 is 20.1 Å². The lowest BCUT2D eigenvalue weighted by atomic mass is 10.2. The van der Waals surface area contributed by atoms with Crippen molar-refractivity contribution in [3.63, 3.8) is 0 Å². The summed E-state index contributed by atoms with van der Waals surface area (Å²) in [6.07, 6.45) is -3.10. The molecule has 0 saturated carbocycles. The highest BCUT2D eigenvalue weighted by atomic mass is 19.4. The van der Waals surface area contributed by atoms with E-state index in [0.29, 0.717) is 23.1 Å². The standard InChI is InChI=1S/C18H13F3N4O2/c19-18(20,21)11-2-1-3-12(6-11)24-16-8-17(23-9-22-16)25-13-4-5-14-15(7-13)27-10-26-14/h1-9H,10H2,(H2,22,23,24,25). The summed E-state index contributed by atoms with van der Waals surface area (Å²) in [6, 6.07) is 11.8. The molecule has 0 spiro atoms. The molecule has 2 aromatic carbocycles. The van der Waals surface area contributed by atoms with Crippen LogP contribution in [0, 0.1) is 0 Å². The summed E-state index contributed by atoms with van der Waals surface area (Å²) in [7, 11) is 0. The molecule has 2 heterocycles. The highest BCUT2D eigenvalue weighted by molar-refractivity contribution is 5.65. The van der Waals surface area contributed by atoms with E-state index >= 15 is 0 Å². The molecule has 0 fully saturated rings. The van der Waals surface area contributed by atoms with Gasteiger partial charge in [0.15, 0.2) is 11.5 Å². The van der Waals surface area contributed by atoms with Crippen molar-refractivity contribution in [2.45, 2.75) is 6.18 Å². The zero-order valence-electron chi connectivity index (χ0n) is 13.7. The Balaban J connectivity index is 1.51. The van der Waals surface area contributed by atoms with E-state index in [0.717, 1.165) is 17.8 Å². The third kappa shape index (κ3) is 3.86. The highest BCUT2D eigenvalue weighted by Crippen LogP contribution is 2.35. The zero-order valence-corrected chi connectivity index (χ0v) is 13.7. The summed E-state index contributed by atoms with van der Waals surface area (Å²) in [6.45, 7) is 0.178. The summed E-state index contributed by atoms with van der Waals surface area (Å²) in [5.41, 5.74) is 0.265. The van der Waals surface area contributed by atoms with E-state index in [1.807, 2.05) is 0 Å². The summed E-state index contributed by atoms with van der Waals surface area (Å²) in [4.78, 5) is 8.15. The van der Waals surface area contributed by atoms with Crippen molar-refractivity contribution in [2.24, 2.45) is 0 Å². The number of ether oxygens (including phenoxy) is 2. The molecule has 0 amide bonds. The second kappa shape index (κ2) is 6.67. The van der Waals surface area contributed by atoms with Gasteiger partial charge in [-0.1, -0.05) is 6.07 Å². The Morgan fingerprint density at radius 2 is 1.52 bits per heavy atom. The van der Waals surface area contributed by atoms with Gasteiger partial charge in [0.05, 0.1) is 5.56 Å². The lowest BCUT2D eigenvalue weighted by molar-refractivity contribution is -0.137. The lowest BCUT2D eigenvalue weighted by Crippen LogP contribution is -2.05. The Labute approximate surface area is 152 Å². The van der Waals surface area contributed by atoms with Crippen molar-refractivity contribution in [2.75, 3.05) is 17.4 Å². The van der Waals surface area contributed by atoms with Crippen LogP contribution in [0.25, 0.3) is 0 Å². The topological polar surface area (TPSA) is 68.3 Å². The molecule has 0 aliphatic carbocycles. The summed E-state index contributed by atoms with van der Waals surface area (Å²) >= 11 is 0. The van der Waals surface area contributed by atoms with Crippen LogP contribution in [0.1, 0.15) is 5.56 Å². The fraction of sp³-hybridized carbons (Fsp3) is 0.111. The largest absolute Gasteiger partial charge is 0.454 e. The minimum Gasteiger partial charge on any atom is -0.454 e. The van der Waals surface area contributed by atoms with Crippen LogP contribution in [0.2, 0.25) is 0 Å². The summed E-state index contributed by atoms with van der Waals surface area (Å²) in [5.74, 6) is 2.11. The number of benzene rings is 2. The Hall–Kier alpha value is -3.49. The minimum atomic E-state index is -4.41. The van der Waals surface area contributed by atoms with Crippen LogP contribution in [0.15, 0.2) is 54.9 Å². The molecule has 6 nitrogen and oxygen atoms in total. The molecule has 0 bridgehead atoms. The predicted molar refractivity (Wildman–Crippen MR) is 92.6 cm³/mol. The average Bonchev–Trinajstić information content (AvgIpc) is 3.09. The fourth-order valence-electron chi connectivity index (χ4n) is 2.54. The van der Waals surface area contributed by atoms with E-state index in [9.17, 15) is 13.2 Å². The first-order chi connectivity index (χ1) is 13.0. The zero-order chi connectivity index (χ0) is 18.9. The first-order valence-corrected chi connectivity index (χ1v) is 7.90. The van der Waals surface area contributed by atoms with Crippen molar-refractivity contribution in [3.8, 4) is 11.5 Å². The van der Waals surface area contributed by atoms with Crippen LogP contribution in [0.3, 0.4) is 0 Å². The molecule has 4 rings (SSSR count). The molecule has 27 heavy (non-hydrogen) atoms. The Morgan fingerprint density at radius 3 is 2.26 bits per heavy atom. The van der Waals surface area contributed by atoms with E-state index in [4.69, 9.17) is 9.47 Å². The second-order valence-corrected chi connectivity index (χ2v) is 5.69. The molecule has 2 N–H and O–H groups in total. The number of fused-ring (bicyclic) bond motifs is 1. The molecule has 0 radical (unpaired) electrons. The molecule has 3 aromatic rings. The maximum absolute atomic E-state index is 12.8. The highest BCUT2D eigenvalue weighted by Gasteiger charge is 2.30. The van der Waals surface area contributed by atoms with Gasteiger partial charge in [-0.2, -0.15) is 13.2 Å². The van der Waals surface area contributed by atoms with Gasteiger partial charge in [0.25, 0.3) is 0 Å². The van der Waals surface area contributed by atoms with Gasteiger partial charge in [-0.15, -0.1) is 0 Å². The number of anilines is 4. The number of hydrogen-bond acceptors (Lipinski definition) is 6. The third-order valence-corrected chi connectivity index (χ3v) is 3.77. The van der Waals surface area contributed by atoms with Gasteiger partial charge in [0.2, 0.25) is 6.79 Å². The van der Waals surface area contributed by atoms with Crippen molar-refractivity contribution < 1.29 is 22.6 Å². The van der Waals surface area contributed by atoms with Gasteiger partial charge < -0.3 is 20.1 Å². The van der Waals surface area contributed by atoms with Crippen molar-refractivity contribution in [1.29, 1.82) is 0 Å². The van der Waals surface area contributed by atoms with E-state index in [1.165, 1.54) is 18.5 Å². The van der Waals surface area contributed by atoms with E-state index in [-0.39, 0.29) is 12.5 Å². The number of alkyl halides is 3. The van der Waals surface area contributed by atoms with Gasteiger partial charge in [-0.25, -0.2) is 9.97 Å². The fourth-order valence-corrected chi connectivity index (χ4v) is 2.54. The predicted octanol–water partition coefficient (Wildman–Crippen LogP) is 4.71. The number of aromatic nitrogens is 2. The minimum absolute atomic E-state index is 0.178. The van der Waals surface area contributed by atoms with Gasteiger partial charge in [-0.05, 0) is 30.3 Å². The van der Waals surface area contributed by atoms with E-state index in [2.05, 4.69) is 20.6 Å². The number of nitrogens with zero attached hydrogens (tertiary/aromatic N) is 2. The molecule has 0 saturated heterocycles. The monoisotopic (exact) mass is 374 g/mol. The Morgan fingerprint density at radius 1 is 0.815 bits per heavy atom. The maximum Gasteiger partial charge on any atom is 0.416 e. The van der Waals surface area contributed by atoms with Crippen LogP contribution in [0.5, 0.6) is 11.5 Å². The molecule has 138 valence electrons. The SMILES string of the molecule is FC(F)(F)c1cccc(Nc2cc(Nc3ccc4c(c3)OCO4)ncn2)c1. The second-order valence-electron chi connectivity index (χ2n) is 5.69. The third-order valence-electron chi connectivity index (χ3n) is 3.77. The molecule has 0 unspecified atom stereocenters. The van der Waals surface area contributed by atoms with Crippen LogP contribution >= 0.6 is 0 Å². The van der Waals surface area contributed by atoms with Crippen LogP contribution in [-0.2, 0) is 6.18 Å².